The van der Waals surface area contributed by atoms with E-state index >= 15 is 0 Å². The average molecular weight is 395 g/mol. The zero-order chi connectivity index (χ0) is 19.9. The maximum atomic E-state index is 13.3. The molecule has 7 heteroatoms. The van der Waals surface area contributed by atoms with Crippen LogP contribution in [-0.4, -0.2) is 24.2 Å². The highest BCUT2D eigenvalue weighted by atomic mass is 32.2. The summed E-state index contributed by atoms with van der Waals surface area (Å²) in [4.78, 5) is 28.1. The Hall–Kier alpha value is -3.03. The Morgan fingerprint density at radius 3 is 2.75 bits per heavy atom. The lowest BCUT2D eigenvalue weighted by molar-refractivity contribution is 0.102. The fraction of sp³-hybridized carbons (Fsp3) is 0.0952. The molecule has 1 aromatic heterocycles. The Bertz CT molecular complexity index is 996. The van der Waals surface area contributed by atoms with Crippen LogP contribution >= 0.6 is 11.8 Å². The van der Waals surface area contributed by atoms with Gasteiger partial charge in [-0.3, -0.25) is 14.6 Å². The molecular weight excluding hydrogens is 377 g/mol. The second-order valence-corrected chi connectivity index (χ2v) is 7.05. The third-order valence-electron chi connectivity index (χ3n) is 3.90. The van der Waals surface area contributed by atoms with Crippen LogP contribution in [0, 0.1) is 5.82 Å². The molecule has 4 rings (SSSR count). The number of carbonyl (C=O) groups is 2. The Morgan fingerprint density at radius 1 is 1.18 bits per heavy atom. The van der Waals surface area contributed by atoms with Crippen LogP contribution in [0.5, 0.6) is 0 Å². The first-order chi connectivity index (χ1) is 13.6. The third kappa shape index (κ3) is 4.82. The number of carbonyl (C=O) groups excluding carboxylic acids is 2. The number of nitrogens with zero attached hydrogens (tertiary/aromatic N) is 1. The quantitative estimate of drug-likeness (QED) is 0.652. The molecule has 0 fully saturated rings. The predicted octanol–water partition coefficient (Wildman–Crippen LogP) is 4.16. The molecule has 1 aliphatic heterocycles. The first-order valence-electron chi connectivity index (χ1n) is 8.52. The molecule has 0 radical (unpaired) electrons. The summed E-state index contributed by atoms with van der Waals surface area (Å²) in [5.41, 5.74) is 2.70. The zero-order valence-electron chi connectivity index (χ0n) is 15.1. The van der Waals surface area contributed by atoms with Gasteiger partial charge in [-0.25, -0.2) is 4.39 Å². The topological polar surface area (TPSA) is 71.1 Å². The molecule has 3 aromatic rings. The van der Waals surface area contributed by atoms with Gasteiger partial charge in [0, 0.05) is 34.3 Å². The lowest BCUT2D eigenvalue weighted by Gasteiger charge is -2.05. The fourth-order valence-corrected chi connectivity index (χ4v) is 3.63. The molecule has 0 unspecified atom stereocenters. The number of hydrogen-bond acceptors (Lipinski definition) is 5. The van der Waals surface area contributed by atoms with Crippen LogP contribution in [-0.2, 0) is 6.54 Å². The second kappa shape index (κ2) is 9.25. The SMILES string of the molecule is CNCc1cccnc1.O=Cc1ccc2c(c1)NC(=O)c1ccc(F)cc1S2. The number of rotatable bonds is 3. The summed E-state index contributed by atoms with van der Waals surface area (Å²) in [6, 6.07) is 13.0. The maximum absolute atomic E-state index is 13.3. The third-order valence-corrected chi connectivity index (χ3v) is 5.03. The summed E-state index contributed by atoms with van der Waals surface area (Å²) in [6.07, 6.45) is 4.35. The number of hydrogen-bond donors (Lipinski definition) is 2. The number of fused-ring (bicyclic) bond motifs is 2. The van der Waals surface area contributed by atoms with Crippen LogP contribution in [0.4, 0.5) is 10.1 Å². The van der Waals surface area contributed by atoms with Gasteiger partial charge in [0.2, 0.25) is 0 Å². The maximum Gasteiger partial charge on any atom is 0.256 e. The van der Waals surface area contributed by atoms with E-state index < -0.39 is 0 Å². The molecule has 142 valence electrons. The van der Waals surface area contributed by atoms with Crippen LogP contribution in [0.25, 0.3) is 0 Å². The van der Waals surface area contributed by atoms with Gasteiger partial charge in [-0.2, -0.15) is 0 Å². The molecule has 1 aliphatic rings. The Kier molecular flexibility index (Phi) is 6.52. The fourth-order valence-electron chi connectivity index (χ4n) is 2.59. The molecule has 5 nitrogen and oxygen atoms in total. The molecule has 0 saturated carbocycles. The van der Waals surface area contributed by atoms with Crippen LogP contribution in [0.1, 0.15) is 26.3 Å². The van der Waals surface area contributed by atoms with E-state index in [2.05, 4.69) is 15.6 Å². The highest BCUT2D eigenvalue weighted by molar-refractivity contribution is 7.99. The number of nitrogens with one attached hydrogen (secondary N) is 2. The van der Waals surface area contributed by atoms with Gasteiger partial charge in [0.25, 0.3) is 5.91 Å². The summed E-state index contributed by atoms with van der Waals surface area (Å²) in [7, 11) is 1.92. The predicted molar refractivity (Wildman–Crippen MR) is 107 cm³/mol. The molecule has 0 aliphatic carbocycles. The largest absolute Gasteiger partial charge is 0.321 e. The molecule has 1 amide bonds. The lowest BCUT2D eigenvalue weighted by atomic mass is 10.2. The molecule has 0 atom stereocenters. The normalized spacial score (nSPS) is 11.9. The van der Waals surface area contributed by atoms with E-state index in [0.29, 0.717) is 21.7 Å². The van der Waals surface area contributed by atoms with E-state index in [1.165, 1.54) is 35.5 Å². The molecule has 0 bridgehead atoms. The minimum absolute atomic E-state index is 0.302. The lowest BCUT2D eigenvalue weighted by Crippen LogP contribution is -2.11. The van der Waals surface area contributed by atoms with Crippen molar-refractivity contribution in [2.45, 2.75) is 16.3 Å². The minimum atomic E-state index is -0.382. The van der Waals surface area contributed by atoms with Crippen molar-refractivity contribution in [3.05, 3.63) is 83.4 Å². The monoisotopic (exact) mass is 395 g/mol. The first-order valence-corrected chi connectivity index (χ1v) is 9.34. The number of amides is 1. The molecule has 2 heterocycles. The van der Waals surface area contributed by atoms with Gasteiger partial charge in [0.1, 0.15) is 12.1 Å². The van der Waals surface area contributed by atoms with Crippen LogP contribution < -0.4 is 10.6 Å². The summed E-state index contributed by atoms with van der Waals surface area (Å²) >= 11 is 1.30. The smallest absolute Gasteiger partial charge is 0.256 e. The van der Waals surface area contributed by atoms with Crippen LogP contribution in [0.3, 0.4) is 0 Å². The van der Waals surface area contributed by atoms with E-state index in [1.807, 2.05) is 25.4 Å². The van der Waals surface area contributed by atoms with Gasteiger partial charge in [-0.05, 0) is 49.0 Å². The molecule has 0 saturated heterocycles. The van der Waals surface area contributed by atoms with Crippen molar-refractivity contribution in [2.24, 2.45) is 0 Å². The number of aromatic nitrogens is 1. The van der Waals surface area contributed by atoms with Crippen molar-refractivity contribution in [2.75, 3.05) is 12.4 Å². The molecule has 2 N–H and O–H groups in total. The minimum Gasteiger partial charge on any atom is -0.321 e. The number of halogens is 1. The van der Waals surface area contributed by atoms with E-state index in [9.17, 15) is 14.0 Å². The standard InChI is InChI=1S/C14H8FNO2S.C7H10N2/c15-9-2-3-10-13(6-9)19-12-4-1-8(7-17)5-11(12)16-14(10)18;1-8-5-7-3-2-4-9-6-7/h1-7H,(H,16,18);2-4,6,8H,5H2,1H3. The number of benzene rings is 2. The van der Waals surface area contributed by atoms with Crippen LogP contribution in [0.15, 0.2) is 70.7 Å². The molecular formula is C21H18FN3O2S. The van der Waals surface area contributed by atoms with Crippen molar-refractivity contribution >= 4 is 29.6 Å². The summed E-state index contributed by atoms with van der Waals surface area (Å²) in [5, 5.41) is 5.78. The van der Waals surface area contributed by atoms with Gasteiger partial charge in [-0.15, -0.1) is 0 Å². The van der Waals surface area contributed by atoms with Crippen molar-refractivity contribution < 1.29 is 14.0 Å². The van der Waals surface area contributed by atoms with E-state index in [0.717, 1.165) is 17.7 Å². The van der Waals surface area contributed by atoms with E-state index in [4.69, 9.17) is 0 Å². The van der Waals surface area contributed by atoms with Gasteiger partial charge in [0.15, 0.2) is 0 Å². The zero-order valence-corrected chi connectivity index (χ0v) is 15.9. The first kappa shape index (κ1) is 19.7. The number of aldehydes is 1. The van der Waals surface area contributed by atoms with Crippen molar-refractivity contribution in [3.8, 4) is 0 Å². The van der Waals surface area contributed by atoms with Gasteiger partial charge in [0.05, 0.1) is 11.3 Å². The van der Waals surface area contributed by atoms with E-state index in [1.54, 1.807) is 24.4 Å². The Morgan fingerprint density at radius 2 is 2.04 bits per heavy atom. The highest BCUT2D eigenvalue weighted by Gasteiger charge is 2.20. The van der Waals surface area contributed by atoms with Crippen LogP contribution in [0.2, 0.25) is 0 Å². The Balaban J connectivity index is 0.000000211. The second-order valence-electron chi connectivity index (χ2n) is 5.96. The van der Waals surface area contributed by atoms with Gasteiger partial charge in [-0.1, -0.05) is 23.9 Å². The van der Waals surface area contributed by atoms with Gasteiger partial charge >= 0.3 is 0 Å². The highest BCUT2D eigenvalue weighted by Crippen LogP contribution is 2.39. The van der Waals surface area contributed by atoms with Gasteiger partial charge < -0.3 is 10.6 Å². The average Bonchev–Trinajstić information content (AvgIpc) is 2.84. The van der Waals surface area contributed by atoms with Crippen molar-refractivity contribution in [1.82, 2.24) is 10.3 Å². The summed E-state index contributed by atoms with van der Waals surface area (Å²) < 4.78 is 13.3. The van der Waals surface area contributed by atoms with E-state index in [-0.39, 0.29) is 11.7 Å². The number of pyridine rings is 1. The molecule has 2 aromatic carbocycles. The number of anilines is 1. The van der Waals surface area contributed by atoms with Crippen molar-refractivity contribution in [3.63, 3.8) is 0 Å². The molecule has 0 spiro atoms. The Labute approximate surface area is 166 Å². The van der Waals surface area contributed by atoms with Crippen molar-refractivity contribution in [1.29, 1.82) is 0 Å². The summed E-state index contributed by atoms with van der Waals surface area (Å²) in [6.45, 7) is 0.897. The molecule has 28 heavy (non-hydrogen) atoms. The summed E-state index contributed by atoms with van der Waals surface area (Å²) in [5.74, 6) is -0.684.